The van der Waals surface area contributed by atoms with Crippen molar-refractivity contribution in [3.05, 3.63) is 89.7 Å². The van der Waals surface area contributed by atoms with Gasteiger partial charge in [0, 0.05) is 29.9 Å². The number of rotatable bonds is 11. The third-order valence-corrected chi connectivity index (χ3v) is 6.29. The van der Waals surface area contributed by atoms with Gasteiger partial charge >= 0.3 is 5.97 Å². The molecular weight excluding hydrogens is 512 g/mol. The zero-order valence-electron chi connectivity index (χ0n) is 23.1. The Hall–Kier alpha value is -4.92. The maximum absolute atomic E-state index is 13.6. The average molecular weight is 545 g/mol. The van der Waals surface area contributed by atoms with Gasteiger partial charge < -0.3 is 33.6 Å². The molecule has 4 rings (SSSR count). The molecule has 4 aromatic rings. The second-order valence-corrected chi connectivity index (χ2v) is 8.73. The Labute approximate surface area is 233 Å². The quantitative estimate of drug-likeness (QED) is 0.243. The topological polar surface area (TPSA) is 97.2 Å². The van der Waals surface area contributed by atoms with Crippen LogP contribution in [0.2, 0.25) is 0 Å². The number of carbonyl (C=O) groups excluding carboxylic acids is 2. The van der Waals surface area contributed by atoms with Crippen molar-refractivity contribution in [2.75, 3.05) is 40.4 Å². The highest BCUT2D eigenvalue weighted by Gasteiger charge is 2.27. The van der Waals surface area contributed by atoms with E-state index < -0.39 is 11.9 Å². The zero-order valence-corrected chi connectivity index (χ0v) is 23.1. The van der Waals surface area contributed by atoms with Gasteiger partial charge in [-0.1, -0.05) is 36.4 Å². The van der Waals surface area contributed by atoms with Crippen molar-refractivity contribution < 1.29 is 33.3 Å². The molecule has 1 N–H and O–H groups in total. The molecule has 0 radical (unpaired) electrons. The number of nitrogens with zero attached hydrogens (tertiary/aromatic N) is 1. The van der Waals surface area contributed by atoms with Crippen LogP contribution in [0.5, 0.6) is 23.0 Å². The third-order valence-electron chi connectivity index (χ3n) is 6.29. The number of carbonyl (C=O) groups is 2. The number of hydrogen-bond donors (Lipinski definition) is 1. The van der Waals surface area contributed by atoms with Crippen LogP contribution in [0.1, 0.15) is 33.3 Å². The number of nitrogens with one attached hydrogen (secondary N) is 1. The summed E-state index contributed by atoms with van der Waals surface area (Å²) >= 11 is 0. The molecule has 208 valence electrons. The number of ether oxygens (including phenoxy) is 5. The second kappa shape index (κ2) is 12.8. The highest BCUT2D eigenvalue weighted by Crippen LogP contribution is 2.39. The molecule has 1 amide bonds. The van der Waals surface area contributed by atoms with E-state index >= 15 is 0 Å². The molecule has 3 aromatic carbocycles. The first kappa shape index (κ1) is 28.1. The summed E-state index contributed by atoms with van der Waals surface area (Å²) in [6.07, 6.45) is 1.82. The predicted molar refractivity (Wildman–Crippen MR) is 152 cm³/mol. The van der Waals surface area contributed by atoms with E-state index in [0.717, 1.165) is 5.56 Å². The van der Waals surface area contributed by atoms with Crippen molar-refractivity contribution >= 4 is 17.6 Å². The van der Waals surface area contributed by atoms with Crippen LogP contribution in [-0.4, -0.2) is 51.5 Å². The standard InChI is InChI=1S/C31H32N2O7/c1-6-40-31(35)29-28(32-30(34)22-14-23(36-2)17-24(15-22)37-3)25(19-33(29)18-20-10-8-7-9-11-20)21-12-13-26(38-4)27(16-21)39-5/h7-17,19H,6,18H2,1-5H3,(H,32,34). The van der Waals surface area contributed by atoms with Gasteiger partial charge in [0.1, 0.15) is 11.5 Å². The Balaban J connectivity index is 1.90. The maximum Gasteiger partial charge on any atom is 0.357 e. The van der Waals surface area contributed by atoms with E-state index in [-0.39, 0.29) is 12.3 Å². The molecule has 40 heavy (non-hydrogen) atoms. The molecule has 0 aliphatic heterocycles. The molecule has 0 atom stereocenters. The van der Waals surface area contributed by atoms with Gasteiger partial charge in [-0.2, -0.15) is 0 Å². The first-order valence-corrected chi connectivity index (χ1v) is 12.6. The van der Waals surface area contributed by atoms with Crippen LogP contribution in [0.15, 0.2) is 72.9 Å². The number of esters is 1. The first-order chi connectivity index (χ1) is 19.4. The van der Waals surface area contributed by atoms with Gasteiger partial charge in [-0.15, -0.1) is 0 Å². The van der Waals surface area contributed by atoms with Gasteiger partial charge in [0.25, 0.3) is 5.91 Å². The van der Waals surface area contributed by atoms with Crippen LogP contribution in [0.25, 0.3) is 11.1 Å². The summed E-state index contributed by atoms with van der Waals surface area (Å²) in [6, 6.07) is 20.0. The van der Waals surface area contributed by atoms with Crippen molar-refractivity contribution in [1.29, 1.82) is 0 Å². The Bertz CT molecular complexity index is 1470. The Morgan fingerprint density at radius 1 is 0.800 bits per heavy atom. The predicted octanol–water partition coefficient (Wildman–Crippen LogP) is 5.67. The van der Waals surface area contributed by atoms with Gasteiger partial charge in [-0.05, 0) is 42.3 Å². The molecule has 1 aromatic heterocycles. The number of amides is 1. The minimum atomic E-state index is -0.566. The van der Waals surface area contributed by atoms with Crippen LogP contribution >= 0.6 is 0 Å². The van der Waals surface area contributed by atoms with Crippen molar-refractivity contribution in [3.8, 4) is 34.1 Å². The molecule has 0 aliphatic rings. The molecule has 9 heteroatoms. The highest BCUT2D eigenvalue weighted by atomic mass is 16.5. The lowest BCUT2D eigenvalue weighted by Crippen LogP contribution is -2.18. The van der Waals surface area contributed by atoms with Crippen molar-refractivity contribution in [3.63, 3.8) is 0 Å². The number of benzene rings is 3. The Morgan fingerprint density at radius 2 is 1.48 bits per heavy atom. The van der Waals surface area contributed by atoms with Crippen LogP contribution in [-0.2, 0) is 11.3 Å². The van der Waals surface area contributed by atoms with Crippen molar-refractivity contribution in [2.24, 2.45) is 0 Å². The number of methoxy groups -OCH3 is 4. The lowest BCUT2D eigenvalue weighted by molar-refractivity contribution is 0.0515. The third kappa shape index (κ3) is 6.04. The van der Waals surface area contributed by atoms with E-state index in [2.05, 4.69) is 5.32 Å². The minimum Gasteiger partial charge on any atom is -0.497 e. The van der Waals surface area contributed by atoms with E-state index in [0.29, 0.717) is 51.9 Å². The van der Waals surface area contributed by atoms with Gasteiger partial charge in [0.2, 0.25) is 0 Å². The molecule has 0 fully saturated rings. The fourth-order valence-corrected chi connectivity index (χ4v) is 4.35. The van der Waals surface area contributed by atoms with Gasteiger partial charge in [-0.25, -0.2) is 4.79 Å². The summed E-state index contributed by atoms with van der Waals surface area (Å²) in [5.41, 5.74) is 3.07. The largest absolute Gasteiger partial charge is 0.497 e. The zero-order chi connectivity index (χ0) is 28.6. The fourth-order valence-electron chi connectivity index (χ4n) is 4.35. The lowest BCUT2D eigenvalue weighted by atomic mass is 10.1. The maximum atomic E-state index is 13.6. The Morgan fingerprint density at radius 3 is 2.08 bits per heavy atom. The molecule has 1 heterocycles. The first-order valence-electron chi connectivity index (χ1n) is 12.6. The fraction of sp³-hybridized carbons (Fsp3) is 0.226. The van der Waals surface area contributed by atoms with Crippen LogP contribution < -0.4 is 24.3 Å². The van der Waals surface area contributed by atoms with Crippen molar-refractivity contribution in [1.82, 2.24) is 4.57 Å². The van der Waals surface area contributed by atoms with E-state index in [1.54, 1.807) is 56.0 Å². The summed E-state index contributed by atoms with van der Waals surface area (Å²) in [5, 5.41) is 2.96. The molecule has 0 bridgehead atoms. The molecule has 0 saturated carbocycles. The smallest absolute Gasteiger partial charge is 0.357 e. The minimum absolute atomic E-state index is 0.168. The molecule has 0 spiro atoms. The monoisotopic (exact) mass is 544 g/mol. The molecule has 0 unspecified atom stereocenters. The highest BCUT2D eigenvalue weighted by molar-refractivity contribution is 6.11. The van der Waals surface area contributed by atoms with Gasteiger partial charge in [-0.3, -0.25) is 4.79 Å². The number of aromatic nitrogens is 1. The Kier molecular flexibility index (Phi) is 8.96. The molecule has 9 nitrogen and oxygen atoms in total. The molecular formula is C31H32N2O7. The normalized spacial score (nSPS) is 10.5. The lowest BCUT2D eigenvalue weighted by Gasteiger charge is -2.14. The number of hydrogen-bond acceptors (Lipinski definition) is 7. The van der Waals surface area contributed by atoms with Gasteiger partial charge in [0.05, 0.1) is 40.7 Å². The second-order valence-electron chi connectivity index (χ2n) is 8.73. The summed E-state index contributed by atoms with van der Waals surface area (Å²) < 4.78 is 28.8. The molecule has 0 saturated heterocycles. The average Bonchev–Trinajstić information content (AvgIpc) is 3.34. The molecule has 0 aliphatic carbocycles. The van der Waals surface area contributed by atoms with Gasteiger partial charge in [0.15, 0.2) is 17.2 Å². The summed E-state index contributed by atoms with van der Waals surface area (Å²) in [4.78, 5) is 27.0. The van der Waals surface area contributed by atoms with E-state index in [4.69, 9.17) is 23.7 Å². The van der Waals surface area contributed by atoms with E-state index in [1.807, 2.05) is 42.6 Å². The van der Waals surface area contributed by atoms with E-state index in [9.17, 15) is 9.59 Å². The summed E-state index contributed by atoms with van der Waals surface area (Å²) in [5.74, 6) is 0.942. The van der Waals surface area contributed by atoms with Crippen LogP contribution in [0.4, 0.5) is 5.69 Å². The van der Waals surface area contributed by atoms with Crippen LogP contribution in [0.3, 0.4) is 0 Å². The number of anilines is 1. The van der Waals surface area contributed by atoms with E-state index in [1.165, 1.54) is 14.2 Å². The SMILES string of the molecule is CCOC(=O)c1c(NC(=O)c2cc(OC)cc(OC)c2)c(-c2ccc(OC)c(OC)c2)cn1Cc1ccccc1. The van der Waals surface area contributed by atoms with Crippen molar-refractivity contribution in [2.45, 2.75) is 13.5 Å². The summed E-state index contributed by atoms with van der Waals surface area (Å²) in [7, 11) is 6.12. The summed E-state index contributed by atoms with van der Waals surface area (Å²) in [6.45, 7) is 2.28. The van der Waals surface area contributed by atoms with Crippen LogP contribution in [0, 0.1) is 0 Å².